The van der Waals surface area contributed by atoms with E-state index in [4.69, 9.17) is 0 Å². The van der Waals surface area contributed by atoms with Crippen molar-refractivity contribution in [2.24, 2.45) is 7.05 Å². The number of nitrogens with zero attached hydrogens (tertiary/aromatic N) is 2. The molecule has 10 aromatic carbocycles. The van der Waals surface area contributed by atoms with Crippen LogP contribution in [0.1, 0.15) is 37.5 Å². The average Bonchev–Trinajstić information content (AvgIpc) is 4.21. The fourth-order valence-electron chi connectivity index (χ4n) is 10.1. The highest BCUT2D eigenvalue weighted by Crippen LogP contribution is 2.41. The molecule has 378 valence electrons. The van der Waals surface area contributed by atoms with E-state index < -0.39 is 0 Å². The molecule has 0 saturated heterocycles. The van der Waals surface area contributed by atoms with Crippen LogP contribution in [-0.4, -0.2) is 15.7 Å². The lowest BCUT2D eigenvalue weighted by Gasteiger charge is -2.12. The number of hydrogen-bond donors (Lipinski definition) is 1. The summed E-state index contributed by atoms with van der Waals surface area (Å²) in [5, 5.41) is 11.2. The molecule has 13 aromatic rings. The van der Waals surface area contributed by atoms with Gasteiger partial charge < -0.3 is 14.5 Å². The number of thiophene rings is 1. The van der Waals surface area contributed by atoms with Gasteiger partial charge in [-0.1, -0.05) is 213 Å². The Morgan fingerprint density at radius 1 is 0.468 bits per heavy atom. The SMILES string of the molecule is C/C=C\C.C1=CNCC(c2cccc(-c3cccc4c3sc3ccccc34)c2)=C1.CCc1ccccc1.Cc1ccccc1.Cn1c2ccccc2c2cc(-c3ccc4c(c3)c3ccccc3n4-c3ccccc3)ccc21. The Hall–Kier alpha value is -8.96. The zero-order chi connectivity index (χ0) is 52.9. The van der Waals surface area contributed by atoms with Crippen LogP contribution in [-0.2, 0) is 13.5 Å². The van der Waals surface area contributed by atoms with E-state index in [-0.39, 0.29) is 0 Å². The molecule has 4 heteroatoms. The van der Waals surface area contributed by atoms with E-state index >= 15 is 0 Å². The number of para-hydroxylation sites is 3. The molecule has 0 spiro atoms. The van der Waals surface area contributed by atoms with Gasteiger partial charge in [0.05, 0.1) is 11.0 Å². The molecule has 0 radical (unpaired) electrons. The number of nitrogens with one attached hydrogen (secondary N) is 1. The predicted octanol–water partition coefficient (Wildman–Crippen LogP) is 20.1. The van der Waals surface area contributed by atoms with Gasteiger partial charge in [-0.3, -0.25) is 0 Å². The van der Waals surface area contributed by atoms with Crippen LogP contribution < -0.4 is 5.32 Å². The molecule has 0 saturated carbocycles. The van der Waals surface area contributed by atoms with E-state index in [1.54, 1.807) is 0 Å². The third-order valence-corrected chi connectivity index (χ3v) is 15.4. The van der Waals surface area contributed by atoms with Crippen molar-refractivity contribution in [2.45, 2.75) is 34.1 Å². The Morgan fingerprint density at radius 2 is 1.00 bits per heavy atom. The second-order valence-electron chi connectivity index (χ2n) is 19.2. The van der Waals surface area contributed by atoms with Crippen LogP contribution in [0.5, 0.6) is 0 Å². The molecule has 3 aromatic heterocycles. The average molecular weight is 1020 g/mol. The zero-order valence-corrected chi connectivity index (χ0v) is 45.5. The summed E-state index contributed by atoms with van der Waals surface area (Å²) in [6.45, 7) is 9.13. The highest BCUT2D eigenvalue weighted by Gasteiger charge is 2.15. The zero-order valence-electron chi connectivity index (χ0n) is 44.7. The smallest absolute Gasteiger partial charge is 0.0541 e. The van der Waals surface area contributed by atoms with E-state index in [0.717, 1.165) is 13.0 Å². The predicted molar refractivity (Wildman–Crippen MR) is 338 cm³/mol. The molecule has 1 N–H and O–H groups in total. The molecular formula is C73H65N3S. The molecule has 77 heavy (non-hydrogen) atoms. The minimum atomic E-state index is 0.882. The minimum absolute atomic E-state index is 0.882. The third kappa shape index (κ3) is 11.5. The topological polar surface area (TPSA) is 21.9 Å². The van der Waals surface area contributed by atoms with Crippen LogP contribution in [0.25, 0.3) is 97.3 Å². The summed E-state index contributed by atoms with van der Waals surface area (Å²) in [7, 11) is 2.15. The molecule has 0 bridgehead atoms. The van der Waals surface area contributed by atoms with Gasteiger partial charge >= 0.3 is 0 Å². The normalized spacial score (nSPS) is 11.8. The second kappa shape index (κ2) is 24.6. The Balaban J connectivity index is 0.000000133. The second-order valence-corrected chi connectivity index (χ2v) is 20.2. The summed E-state index contributed by atoms with van der Waals surface area (Å²) in [6, 6.07) is 86.6. The van der Waals surface area contributed by atoms with Crippen molar-refractivity contribution in [3.63, 3.8) is 0 Å². The summed E-state index contributed by atoms with van der Waals surface area (Å²) in [5.41, 5.74) is 16.6. The largest absolute Gasteiger partial charge is 0.387 e. The van der Waals surface area contributed by atoms with Gasteiger partial charge in [0.2, 0.25) is 0 Å². The first-order chi connectivity index (χ1) is 37.9. The Kier molecular flexibility index (Phi) is 16.5. The number of fused-ring (bicyclic) bond motifs is 9. The third-order valence-electron chi connectivity index (χ3n) is 14.2. The Labute approximate surface area is 458 Å². The van der Waals surface area contributed by atoms with Gasteiger partial charge in [0.15, 0.2) is 0 Å². The van der Waals surface area contributed by atoms with Gasteiger partial charge in [-0.25, -0.2) is 0 Å². The van der Waals surface area contributed by atoms with Gasteiger partial charge in [0.25, 0.3) is 0 Å². The lowest BCUT2D eigenvalue weighted by Crippen LogP contribution is -2.11. The number of allylic oxidation sites excluding steroid dienone is 4. The van der Waals surface area contributed by atoms with Crippen molar-refractivity contribution >= 4 is 80.7 Å². The quantitative estimate of drug-likeness (QED) is 0.171. The molecule has 0 amide bonds. The summed E-state index contributed by atoms with van der Waals surface area (Å²) in [4.78, 5) is 0. The maximum Gasteiger partial charge on any atom is 0.0541 e. The molecule has 0 aliphatic carbocycles. The van der Waals surface area contributed by atoms with Crippen LogP contribution in [0.2, 0.25) is 0 Å². The number of benzene rings is 10. The van der Waals surface area contributed by atoms with Gasteiger partial charge in [-0.15, -0.1) is 11.3 Å². The number of aryl methyl sites for hydroxylation is 3. The summed E-state index contributed by atoms with van der Waals surface area (Å²) < 4.78 is 7.37. The van der Waals surface area contributed by atoms with Gasteiger partial charge in [-0.2, -0.15) is 0 Å². The standard InChI is InChI=1S/C31H22N2.C23H17NS.C8H10.C7H8.C4H8/c1-32-28-13-7-5-11-24(28)26-19-21(15-17-29(26)32)22-16-18-31-27(20-22)25-12-6-8-14-30(25)33(31)23-9-3-2-4-10-23;1-2-12-22-20(9-1)21-11-4-10-19(23(21)25-22)17-7-3-6-16(14-17)18-8-5-13-24-15-18;1-2-8-6-4-3-5-7-8;1-7-5-3-2-4-6-7;1-3-4-2/h2-20H,1H3;1-14,24H,15H2;3-7H,2H2,1H3;2-6H,1H3;3-4H,1-2H3/b;;;;4-3-. The first kappa shape index (κ1) is 51.5. The number of dihydropyridines is 1. The lowest BCUT2D eigenvalue weighted by atomic mass is 9.97. The molecular weight excluding hydrogens is 951 g/mol. The molecule has 3 nitrogen and oxygen atoms in total. The molecule has 14 rings (SSSR count). The Morgan fingerprint density at radius 3 is 1.64 bits per heavy atom. The van der Waals surface area contributed by atoms with Crippen molar-refractivity contribution in [1.29, 1.82) is 0 Å². The first-order valence-corrected chi connectivity index (χ1v) is 27.5. The fourth-order valence-corrected chi connectivity index (χ4v) is 11.4. The molecule has 0 fully saturated rings. The summed E-state index contributed by atoms with van der Waals surface area (Å²) in [5.74, 6) is 0. The van der Waals surface area contributed by atoms with Crippen molar-refractivity contribution in [2.75, 3.05) is 6.54 Å². The maximum atomic E-state index is 3.29. The van der Waals surface area contributed by atoms with Gasteiger partial charge in [0, 0.05) is 72.0 Å². The highest BCUT2D eigenvalue weighted by atomic mass is 32.1. The molecule has 1 aliphatic rings. The fraction of sp³-hybridized carbons (Fsp3) is 0.0959. The Bertz CT molecular complexity index is 4170. The molecule has 1 aliphatic heterocycles. The van der Waals surface area contributed by atoms with E-state index in [2.05, 4.69) is 266 Å². The van der Waals surface area contributed by atoms with Crippen LogP contribution in [0, 0.1) is 6.92 Å². The van der Waals surface area contributed by atoms with Crippen LogP contribution in [0.3, 0.4) is 0 Å². The monoisotopic (exact) mass is 1020 g/mol. The number of hydrogen-bond acceptors (Lipinski definition) is 2. The van der Waals surface area contributed by atoms with E-state index in [1.807, 2.05) is 67.8 Å². The van der Waals surface area contributed by atoms with Crippen LogP contribution in [0.15, 0.2) is 273 Å². The van der Waals surface area contributed by atoms with E-state index in [9.17, 15) is 0 Å². The first-order valence-electron chi connectivity index (χ1n) is 26.7. The minimum Gasteiger partial charge on any atom is -0.387 e. The summed E-state index contributed by atoms with van der Waals surface area (Å²) in [6.07, 6.45) is 11.4. The van der Waals surface area contributed by atoms with Crippen molar-refractivity contribution in [3.05, 3.63) is 290 Å². The maximum absolute atomic E-state index is 3.29. The van der Waals surface area contributed by atoms with Gasteiger partial charge in [0.1, 0.15) is 0 Å². The lowest BCUT2D eigenvalue weighted by molar-refractivity contribution is 0.986. The van der Waals surface area contributed by atoms with Crippen molar-refractivity contribution in [3.8, 4) is 27.9 Å². The van der Waals surface area contributed by atoms with Gasteiger partial charge in [-0.05, 0) is 139 Å². The number of rotatable bonds is 5. The molecule has 4 heterocycles. The molecule has 0 unspecified atom stereocenters. The van der Waals surface area contributed by atoms with E-state index in [0.29, 0.717) is 0 Å². The van der Waals surface area contributed by atoms with Crippen molar-refractivity contribution in [1.82, 2.24) is 14.5 Å². The van der Waals surface area contributed by atoms with E-state index in [1.165, 1.54) is 114 Å². The van der Waals surface area contributed by atoms with Crippen molar-refractivity contribution < 1.29 is 0 Å². The highest BCUT2D eigenvalue weighted by molar-refractivity contribution is 7.26. The van der Waals surface area contributed by atoms with Crippen LogP contribution in [0.4, 0.5) is 0 Å². The summed E-state index contributed by atoms with van der Waals surface area (Å²) >= 11 is 1.89. The number of aromatic nitrogens is 2. The van der Waals surface area contributed by atoms with Crippen LogP contribution >= 0.6 is 11.3 Å². The molecule has 0 atom stereocenters.